The Balaban J connectivity index is 1.54. The van der Waals surface area contributed by atoms with Crippen LogP contribution in [0, 0.1) is 5.92 Å². The van der Waals surface area contributed by atoms with Crippen LogP contribution in [0.2, 0.25) is 0 Å². The Morgan fingerprint density at radius 3 is 2.86 bits per heavy atom. The van der Waals surface area contributed by atoms with Crippen molar-refractivity contribution in [2.24, 2.45) is 5.92 Å². The number of hydrogen-bond acceptors (Lipinski definition) is 3. The zero-order valence-corrected chi connectivity index (χ0v) is 12.2. The minimum Gasteiger partial charge on any atom is -0.464 e. The fourth-order valence-corrected chi connectivity index (χ4v) is 3.88. The van der Waals surface area contributed by atoms with Crippen molar-refractivity contribution < 1.29 is 9.21 Å². The number of hydrogen-bond donors (Lipinski definition) is 1. The fraction of sp³-hybridized carbons (Fsp3) is 0.471. The number of furan rings is 1. The predicted molar refractivity (Wildman–Crippen MR) is 81.2 cm³/mol. The molecule has 4 heterocycles. The molecule has 2 unspecified atom stereocenters. The standard InChI is InChI=1S/C17H20N2O2/c1-11-16(13-4-7-19(11)8-5-13)18-17(20)14-3-2-12-6-9-21-15(12)10-14/h2-3,6,9-11,13,16H,4-5,7-8H2,1H3,(H,18,20). The quantitative estimate of drug-likeness (QED) is 0.922. The third-order valence-electron chi connectivity index (χ3n) is 5.19. The summed E-state index contributed by atoms with van der Waals surface area (Å²) < 4.78 is 5.38. The lowest BCUT2D eigenvalue weighted by atomic mass is 9.79. The lowest BCUT2D eigenvalue weighted by molar-refractivity contribution is 0.0217. The van der Waals surface area contributed by atoms with Gasteiger partial charge in [0.2, 0.25) is 0 Å². The summed E-state index contributed by atoms with van der Waals surface area (Å²) in [6, 6.07) is 8.26. The molecule has 2 aromatic rings. The second-order valence-corrected chi connectivity index (χ2v) is 6.29. The first-order valence-corrected chi connectivity index (χ1v) is 7.74. The van der Waals surface area contributed by atoms with Crippen LogP contribution in [0.25, 0.3) is 11.0 Å². The van der Waals surface area contributed by atoms with E-state index in [9.17, 15) is 4.79 Å². The maximum absolute atomic E-state index is 12.5. The summed E-state index contributed by atoms with van der Waals surface area (Å²) in [7, 11) is 0. The normalized spacial score (nSPS) is 31.5. The van der Waals surface area contributed by atoms with Gasteiger partial charge in [0.05, 0.1) is 6.26 Å². The highest BCUT2D eigenvalue weighted by molar-refractivity contribution is 5.97. The van der Waals surface area contributed by atoms with Crippen molar-refractivity contribution in [2.75, 3.05) is 13.1 Å². The van der Waals surface area contributed by atoms with Gasteiger partial charge in [-0.05, 0) is 57.0 Å². The molecule has 5 rings (SSSR count). The van der Waals surface area contributed by atoms with Gasteiger partial charge in [0.15, 0.2) is 0 Å². The van der Waals surface area contributed by atoms with Gasteiger partial charge in [-0.3, -0.25) is 9.69 Å². The highest BCUT2D eigenvalue weighted by atomic mass is 16.3. The fourth-order valence-electron chi connectivity index (χ4n) is 3.88. The zero-order valence-electron chi connectivity index (χ0n) is 12.2. The van der Waals surface area contributed by atoms with Gasteiger partial charge in [-0.1, -0.05) is 6.07 Å². The Morgan fingerprint density at radius 1 is 1.29 bits per heavy atom. The van der Waals surface area contributed by atoms with Crippen molar-refractivity contribution in [3.05, 3.63) is 36.1 Å². The first-order valence-electron chi connectivity index (χ1n) is 7.74. The molecule has 0 radical (unpaired) electrons. The van der Waals surface area contributed by atoms with Crippen LogP contribution < -0.4 is 5.32 Å². The molecule has 2 atom stereocenters. The van der Waals surface area contributed by atoms with Gasteiger partial charge in [0.1, 0.15) is 5.58 Å². The zero-order chi connectivity index (χ0) is 14.4. The molecule has 110 valence electrons. The number of carbonyl (C=O) groups excluding carboxylic acids is 1. The van der Waals surface area contributed by atoms with Gasteiger partial charge in [-0.15, -0.1) is 0 Å². The largest absolute Gasteiger partial charge is 0.464 e. The molecule has 2 bridgehead atoms. The highest BCUT2D eigenvalue weighted by Gasteiger charge is 2.40. The third kappa shape index (κ3) is 2.14. The number of nitrogens with zero attached hydrogens (tertiary/aromatic N) is 1. The molecule has 0 aliphatic carbocycles. The van der Waals surface area contributed by atoms with Gasteiger partial charge < -0.3 is 9.73 Å². The molecule has 3 aliphatic rings. The molecule has 3 aliphatic heterocycles. The smallest absolute Gasteiger partial charge is 0.251 e. The van der Waals surface area contributed by atoms with E-state index in [1.807, 2.05) is 24.3 Å². The maximum atomic E-state index is 12.5. The van der Waals surface area contributed by atoms with E-state index < -0.39 is 0 Å². The minimum atomic E-state index is 0.0129. The first kappa shape index (κ1) is 12.9. The van der Waals surface area contributed by atoms with Crippen molar-refractivity contribution in [1.29, 1.82) is 0 Å². The second-order valence-electron chi connectivity index (χ2n) is 6.29. The molecular weight excluding hydrogens is 264 g/mol. The van der Waals surface area contributed by atoms with Crippen LogP contribution in [0.1, 0.15) is 30.1 Å². The van der Waals surface area contributed by atoms with Crippen LogP contribution in [0.15, 0.2) is 34.9 Å². The Hall–Kier alpha value is -1.81. The van der Waals surface area contributed by atoms with E-state index in [2.05, 4.69) is 17.1 Å². The molecule has 4 heteroatoms. The van der Waals surface area contributed by atoms with E-state index in [0.717, 1.165) is 11.0 Å². The van der Waals surface area contributed by atoms with Gasteiger partial charge in [-0.2, -0.15) is 0 Å². The van der Waals surface area contributed by atoms with Crippen LogP contribution >= 0.6 is 0 Å². The monoisotopic (exact) mass is 284 g/mol. The van der Waals surface area contributed by atoms with Crippen LogP contribution in [0.4, 0.5) is 0 Å². The van der Waals surface area contributed by atoms with Gasteiger partial charge >= 0.3 is 0 Å². The lowest BCUT2D eigenvalue weighted by Crippen LogP contribution is -2.62. The average Bonchev–Trinajstić information content (AvgIpc) is 2.98. The maximum Gasteiger partial charge on any atom is 0.251 e. The summed E-state index contributed by atoms with van der Waals surface area (Å²) in [6.07, 6.45) is 4.06. The molecule has 3 fully saturated rings. The molecular formula is C17H20N2O2. The molecule has 1 aromatic carbocycles. The molecule has 21 heavy (non-hydrogen) atoms. The van der Waals surface area contributed by atoms with Crippen molar-refractivity contribution in [3.8, 4) is 0 Å². The van der Waals surface area contributed by atoms with Gasteiger partial charge in [0.25, 0.3) is 5.91 Å². The predicted octanol–water partition coefficient (Wildman–Crippen LogP) is 2.65. The van der Waals surface area contributed by atoms with Crippen molar-refractivity contribution in [3.63, 3.8) is 0 Å². The molecule has 1 aromatic heterocycles. The van der Waals surface area contributed by atoms with Crippen LogP contribution in [-0.4, -0.2) is 36.0 Å². The van der Waals surface area contributed by atoms with E-state index >= 15 is 0 Å². The molecule has 1 amide bonds. The van der Waals surface area contributed by atoms with E-state index in [1.54, 1.807) is 6.26 Å². The SMILES string of the molecule is CC1C(NC(=O)c2ccc3ccoc3c2)C2CCN1CC2. The number of carbonyl (C=O) groups is 1. The number of rotatable bonds is 2. The van der Waals surface area contributed by atoms with E-state index in [1.165, 1.54) is 25.9 Å². The number of amides is 1. The third-order valence-corrected chi connectivity index (χ3v) is 5.19. The Labute approximate surface area is 124 Å². The van der Waals surface area contributed by atoms with Crippen molar-refractivity contribution in [2.45, 2.75) is 31.8 Å². The number of piperidine rings is 3. The summed E-state index contributed by atoms with van der Waals surface area (Å²) in [6.45, 7) is 4.58. The van der Waals surface area contributed by atoms with E-state index in [0.29, 0.717) is 17.5 Å². The van der Waals surface area contributed by atoms with Crippen molar-refractivity contribution in [1.82, 2.24) is 10.2 Å². The first-order chi connectivity index (χ1) is 10.2. The summed E-state index contributed by atoms with van der Waals surface area (Å²) >= 11 is 0. The molecule has 0 saturated carbocycles. The van der Waals surface area contributed by atoms with Crippen molar-refractivity contribution >= 4 is 16.9 Å². The summed E-state index contributed by atoms with van der Waals surface area (Å²) in [5.74, 6) is 0.639. The van der Waals surface area contributed by atoms with Crippen LogP contribution in [0.5, 0.6) is 0 Å². The van der Waals surface area contributed by atoms with Crippen LogP contribution in [0.3, 0.4) is 0 Å². The Kier molecular flexibility index (Phi) is 3.00. The Morgan fingerprint density at radius 2 is 2.10 bits per heavy atom. The molecule has 4 nitrogen and oxygen atoms in total. The van der Waals surface area contributed by atoms with E-state index in [4.69, 9.17) is 4.42 Å². The topological polar surface area (TPSA) is 45.5 Å². The summed E-state index contributed by atoms with van der Waals surface area (Å²) in [4.78, 5) is 15.0. The molecule has 3 saturated heterocycles. The number of fused-ring (bicyclic) bond motifs is 4. The van der Waals surface area contributed by atoms with Gasteiger partial charge in [-0.25, -0.2) is 0 Å². The molecule has 0 spiro atoms. The minimum absolute atomic E-state index is 0.0129. The van der Waals surface area contributed by atoms with E-state index in [-0.39, 0.29) is 11.9 Å². The Bertz CT molecular complexity index is 668. The van der Waals surface area contributed by atoms with Crippen LogP contribution in [-0.2, 0) is 0 Å². The number of benzene rings is 1. The summed E-state index contributed by atoms with van der Waals surface area (Å²) in [5, 5.41) is 4.28. The van der Waals surface area contributed by atoms with Gasteiger partial charge in [0, 0.05) is 23.0 Å². The average molecular weight is 284 g/mol. The number of nitrogens with one attached hydrogen (secondary N) is 1. The lowest BCUT2D eigenvalue weighted by Gasteiger charge is -2.49. The highest BCUT2D eigenvalue weighted by Crippen LogP contribution is 2.32. The summed E-state index contributed by atoms with van der Waals surface area (Å²) in [5.41, 5.74) is 1.45. The second kappa shape index (κ2) is 4.88. The molecule has 1 N–H and O–H groups in total.